The van der Waals surface area contributed by atoms with Crippen LogP contribution in [0.4, 0.5) is 0 Å². The first-order chi connectivity index (χ1) is 9.86. The minimum atomic E-state index is -0.817. The first-order valence-electron chi connectivity index (χ1n) is 7.64. The van der Waals surface area contributed by atoms with Crippen molar-refractivity contribution in [2.24, 2.45) is 11.7 Å². The Balaban J connectivity index is 2.65. The van der Waals surface area contributed by atoms with Gasteiger partial charge < -0.3 is 15.8 Å². The van der Waals surface area contributed by atoms with Crippen LogP contribution in [0.25, 0.3) is 0 Å². The highest BCUT2D eigenvalue weighted by Gasteiger charge is 2.26. The van der Waals surface area contributed by atoms with Crippen molar-refractivity contribution < 1.29 is 9.53 Å². The minimum absolute atomic E-state index is 0.122. The summed E-state index contributed by atoms with van der Waals surface area (Å²) in [6.45, 7) is 9.10. The van der Waals surface area contributed by atoms with Crippen LogP contribution in [0.2, 0.25) is 0 Å². The van der Waals surface area contributed by atoms with Gasteiger partial charge in [0.15, 0.2) is 0 Å². The highest BCUT2D eigenvalue weighted by molar-refractivity contribution is 5.85. The van der Waals surface area contributed by atoms with Gasteiger partial charge in [-0.05, 0) is 25.3 Å². The first-order valence-corrected chi connectivity index (χ1v) is 7.64. The average molecular weight is 292 g/mol. The van der Waals surface area contributed by atoms with Crippen LogP contribution in [-0.4, -0.2) is 18.1 Å². The number of ether oxygens (including phenoxy) is 1. The van der Waals surface area contributed by atoms with E-state index in [-0.39, 0.29) is 5.91 Å². The molecule has 0 aliphatic rings. The molecular formula is C17H28N2O2. The molecule has 0 bridgehead atoms. The molecular weight excluding hydrogens is 264 g/mol. The van der Waals surface area contributed by atoms with Crippen molar-refractivity contribution in [2.75, 3.05) is 6.61 Å². The smallest absolute Gasteiger partial charge is 0.240 e. The third-order valence-corrected chi connectivity index (χ3v) is 3.27. The van der Waals surface area contributed by atoms with Gasteiger partial charge in [-0.3, -0.25) is 4.79 Å². The van der Waals surface area contributed by atoms with Crippen LogP contribution >= 0.6 is 0 Å². The van der Waals surface area contributed by atoms with E-state index in [9.17, 15) is 4.79 Å². The van der Waals surface area contributed by atoms with E-state index in [1.54, 1.807) is 6.92 Å². The molecule has 1 aromatic rings. The number of benzene rings is 1. The standard InChI is InChI=1S/C17H28N2O2/c1-5-10-17(4,18)16(20)19-11-14-8-6-7-9-15(14)21-12-13(2)3/h6-9,13H,5,10-12,18H2,1-4H3,(H,19,20). The Morgan fingerprint density at radius 1 is 1.38 bits per heavy atom. The van der Waals surface area contributed by atoms with Gasteiger partial charge in [0.05, 0.1) is 12.1 Å². The molecule has 0 aliphatic carbocycles. The van der Waals surface area contributed by atoms with Crippen LogP contribution in [0.5, 0.6) is 5.75 Å². The quantitative estimate of drug-likeness (QED) is 0.774. The summed E-state index contributed by atoms with van der Waals surface area (Å²) < 4.78 is 5.78. The van der Waals surface area contributed by atoms with Crippen LogP contribution in [-0.2, 0) is 11.3 Å². The fraction of sp³-hybridized carbons (Fsp3) is 0.588. The maximum absolute atomic E-state index is 12.1. The number of hydrogen-bond donors (Lipinski definition) is 2. The van der Waals surface area contributed by atoms with Gasteiger partial charge in [0, 0.05) is 12.1 Å². The molecule has 0 aliphatic heterocycles. The molecule has 118 valence electrons. The lowest BCUT2D eigenvalue weighted by Crippen LogP contribution is -2.51. The van der Waals surface area contributed by atoms with Crippen molar-refractivity contribution in [1.82, 2.24) is 5.32 Å². The molecule has 4 nitrogen and oxygen atoms in total. The van der Waals surface area contributed by atoms with E-state index < -0.39 is 5.54 Å². The molecule has 0 aromatic heterocycles. The molecule has 4 heteroatoms. The summed E-state index contributed by atoms with van der Waals surface area (Å²) in [5.41, 5.74) is 6.18. The number of nitrogens with one attached hydrogen (secondary N) is 1. The molecule has 0 fully saturated rings. The summed E-state index contributed by atoms with van der Waals surface area (Å²) in [4.78, 5) is 12.1. The summed E-state index contributed by atoms with van der Waals surface area (Å²) in [5, 5.41) is 2.91. The topological polar surface area (TPSA) is 64.4 Å². The highest BCUT2D eigenvalue weighted by atomic mass is 16.5. The maximum Gasteiger partial charge on any atom is 0.240 e. The van der Waals surface area contributed by atoms with E-state index in [0.717, 1.165) is 17.7 Å². The largest absolute Gasteiger partial charge is 0.493 e. The lowest BCUT2D eigenvalue weighted by atomic mass is 9.96. The monoisotopic (exact) mass is 292 g/mol. The number of rotatable bonds is 8. The van der Waals surface area contributed by atoms with E-state index in [4.69, 9.17) is 10.5 Å². The molecule has 0 radical (unpaired) electrons. The third kappa shape index (κ3) is 5.76. The highest BCUT2D eigenvalue weighted by Crippen LogP contribution is 2.19. The number of nitrogens with two attached hydrogens (primary N) is 1. The van der Waals surface area contributed by atoms with Gasteiger partial charge in [0.25, 0.3) is 0 Å². The lowest BCUT2D eigenvalue weighted by molar-refractivity contribution is -0.126. The molecule has 1 amide bonds. The maximum atomic E-state index is 12.1. The van der Waals surface area contributed by atoms with Crippen molar-refractivity contribution in [3.63, 3.8) is 0 Å². The molecule has 0 saturated carbocycles. The number of para-hydroxylation sites is 1. The Morgan fingerprint density at radius 3 is 2.67 bits per heavy atom. The van der Waals surface area contributed by atoms with Gasteiger partial charge in [-0.25, -0.2) is 0 Å². The minimum Gasteiger partial charge on any atom is -0.493 e. The molecule has 1 unspecified atom stereocenters. The number of amides is 1. The van der Waals surface area contributed by atoms with Crippen LogP contribution in [0.3, 0.4) is 0 Å². The van der Waals surface area contributed by atoms with Crippen molar-refractivity contribution in [2.45, 2.75) is 52.6 Å². The van der Waals surface area contributed by atoms with E-state index in [1.165, 1.54) is 0 Å². The van der Waals surface area contributed by atoms with Crippen molar-refractivity contribution in [1.29, 1.82) is 0 Å². The molecule has 0 saturated heterocycles. The van der Waals surface area contributed by atoms with Gasteiger partial charge in [-0.2, -0.15) is 0 Å². The van der Waals surface area contributed by atoms with Crippen LogP contribution < -0.4 is 15.8 Å². The Bertz CT molecular complexity index is 456. The number of carbonyl (C=O) groups is 1. The Labute approximate surface area is 128 Å². The molecule has 1 rings (SSSR count). The summed E-state index contributed by atoms with van der Waals surface area (Å²) in [6.07, 6.45) is 1.55. The number of hydrogen-bond acceptors (Lipinski definition) is 3. The molecule has 0 heterocycles. The zero-order chi connectivity index (χ0) is 15.9. The van der Waals surface area contributed by atoms with Crippen molar-refractivity contribution in [3.8, 4) is 5.75 Å². The zero-order valence-corrected chi connectivity index (χ0v) is 13.6. The summed E-state index contributed by atoms with van der Waals surface area (Å²) in [6, 6.07) is 7.77. The molecule has 0 spiro atoms. The Kier molecular flexibility index (Phi) is 6.69. The molecule has 1 atom stereocenters. The Morgan fingerprint density at radius 2 is 2.05 bits per heavy atom. The van der Waals surface area contributed by atoms with Crippen LogP contribution in [0.1, 0.15) is 46.1 Å². The number of carbonyl (C=O) groups excluding carboxylic acids is 1. The second-order valence-corrected chi connectivity index (χ2v) is 6.16. The fourth-order valence-corrected chi connectivity index (χ4v) is 2.06. The van der Waals surface area contributed by atoms with Crippen molar-refractivity contribution >= 4 is 5.91 Å². The second kappa shape index (κ2) is 8.03. The predicted octanol–water partition coefficient (Wildman–Crippen LogP) is 2.86. The van der Waals surface area contributed by atoms with Crippen LogP contribution in [0.15, 0.2) is 24.3 Å². The zero-order valence-electron chi connectivity index (χ0n) is 13.6. The summed E-state index contributed by atoms with van der Waals surface area (Å²) in [5.74, 6) is 1.16. The van der Waals surface area contributed by atoms with Crippen LogP contribution in [0, 0.1) is 5.92 Å². The van der Waals surface area contributed by atoms with Gasteiger partial charge in [0.2, 0.25) is 5.91 Å². The van der Waals surface area contributed by atoms with Gasteiger partial charge in [-0.15, -0.1) is 0 Å². The molecule has 21 heavy (non-hydrogen) atoms. The first kappa shape index (κ1) is 17.5. The fourth-order valence-electron chi connectivity index (χ4n) is 2.06. The van der Waals surface area contributed by atoms with Gasteiger partial charge in [0.1, 0.15) is 5.75 Å². The van der Waals surface area contributed by atoms with Crippen molar-refractivity contribution in [3.05, 3.63) is 29.8 Å². The Hall–Kier alpha value is -1.55. The van der Waals surface area contributed by atoms with E-state index in [2.05, 4.69) is 19.2 Å². The van der Waals surface area contributed by atoms with E-state index >= 15 is 0 Å². The van der Waals surface area contributed by atoms with E-state index in [1.807, 2.05) is 31.2 Å². The lowest BCUT2D eigenvalue weighted by Gasteiger charge is -2.23. The average Bonchev–Trinajstić information content (AvgIpc) is 2.43. The van der Waals surface area contributed by atoms with E-state index in [0.29, 0.717) is 25.5 Å². The SMILES string of the molecule is CCCC(C)(N)C(=O)NCc1ccccc1OCC(C)C. The van der Waals surface area contributed by atoms with Gasteiger partial charge in [-0.1, -0.05) is 45.4 Å². The van der Waals surface area contributed by atoms with Gasteiger partial charge >= 0.3 is 0 Å². The summed E-state index contributed by atoms with van der Waals surface area (Å²) >= 11 is 0. The second-order valence-electron chi connectivity index (χ2n) is 6.16. The third-order valence-electron chi connectivity index (χ3n) is 3.27. The summed E-state index contributed by atoms with van der Waals surface area (Å²) in [7, 11) is 0. The normalized spacial score (nSPS) is 13.8. The predicted molar refractivity (Wildman–Crippen MR) is 86.1 cm³/mol. The molecule has 3 N–H and O–H groups in total. The molecule has 1 aromatic carbocycles.